The number of ether oxygens (including phenoxy) is 1. The molecule has 0 aliphatic rings. The molecule has 3 aromatic rings. The second-order valence-electron chi connectivity index (χ2n) is 6.15. The number of carbonyl (C=O) groups is 1. The van der Waals surface area contributed by atoms with E-state index in [1.165, 1.54) is 6.07 Å². The molecule has 3 rings (SSSR count). The Morgan fingerprint density at radius 2 is 2.04 bits per heavy atom. The third kappa shape index (κ3) is 4.76. The second kappa shape index (κ2) is 8.12. The second-order valence-corrected chi connectivity index (χ2v) is 8.67. The Bertz CT molecular complexity index is 1150. The normalized spacial score (nSPS) is 11.4. The summed E-state index contributed by atoms with van der Waals surface area (Å²) < 4.78 is 42.5. The molecule has 0 spiro atoms. The molecule has 1 aromatic heterocycles. The van der Waals surface area contributed by atoms with Gasteiger partial charge in [0.05, 0.1) is 10.7 Å². The predicted molar refractivity (Wildman–Crippen MR) is 106 cm³/mol. The van der Waals surface area contributed by atoms with Crippen molar-refractivity contribution in [2.75, 3.05) is 17.3 Å². The standard InChI is InChI=1S/C19H16ClFN2O4S/c1-28(25,26)11-18(24)23-16-6-5-15(21)14(19(16)20)10-27-17-4-2-3-12-9-22-8-7-13(12)17/h2-9H,10-11H2,1H3,(H,23,24). The number of benzene rings is 2. The molecule has 0 radical (unpaired) electrons. The van der Waals surface area contributed by atoms with Gasteiger partial charge in [0.25, 0.3) is 0 Å². The van der Waals surface area contributed by atoms with E-state index in [2.05, 4.69) is 10.3 Å². The van der Waals surface area contributed by atoms with Gasteiger partial charge in [-0.3, -0.25) is 9.78 Å². The Morgan fingerprint density at radius 3 is 2.79 bits per heavy atom. The van der Waals surface area contributed by atoms with E-state index in [4.69, 9.17) is 16.3 Å². The zero-order valence-electron chi connectivity index (χ0n) is 14.8. The summed E-state index contributed by atoms with van der Waals surface area (Å²) in [5.41, 5.74) is 0.155. The van der Waals surface area contributed by atoms with Crippen LogP contribution in [0.2, 0.25) is 5.02 Å². The van der Waals surface area contributed by atoms with Crippen LogP contribution in [0.4, 0.5) is 10.1 Å². The Balaban J connectivity index is 1.83. The van der Waals surface area contributed by atoms with E-state index < -0.39 is 27.3 Å². The summed E-state index contributed by atoms with van der Waals surface area (Å²) in [6, 6.07) is 9.59. The number of nitrogens with zero attached hydrogens (tertiary/aromatic N) is 1. The van der Waals surface area contributed by atoms with E-state index in [1.807, 2.05) is 6.07 Å². The number of hydrogen-bond acceptors (Lipinski definition) is 5. The van der Waals surface area contributed by atoms with Crippen LogP contribution >= 0.6 is 11.6 Å². The van der Waals surface area contributed by atoms with Gasteiger partial charge in [0.2, 0.25) is 5.91 Å². The lowest BCUT2D eigenvalue weighted by Gasteiger charge is -2.14. The molecule has 146 valence electrons. The highest BCUT2D eigenvalue weighted by Crippen LogP contribution is 2.31. The number of hydrogen-bond donors (Lipinski definition) is 1. The molecular weight excluding hydrogens is 407 g/mol. The maximum Gasteiger partial charge on any atom is 0.239 e. The van der Waals surface area contributed by atoms with Crippen molar-refractivity contribution in [3.05, 3.63) is 65.2 Å². The van der Waals surface area contributed by atoms with Crippen LogP contribution in [0, 0.1) is 5.82 Å². The molecule has 0 unspecified atom stereocenters. The maximum absolute atomic E-state index is 14.3. The van der Waals surface area contributed by atoms with Crippen LogP contribution in [0.15, 0.2) is 48.8 Å². The van der Waals surface area contributed by atoms with E-state index in [0.29, 0.717) is 5.75 Å². The van der Waals surface area contributed by atoms with E-state index in [0.717, 1.165) is 23.1 Å². The topological polar surface area (TPSA) is 85.4 Å². The van der Waals surface area contributed by atoms with Crippen molar-refractivity contribution in [3.8, 4) is 5.75 Å². The molecule has 0 saturated heterocycles. The third-order valence-electron chi connectivity index (χ3n) is 3.87. The SMILES string of the molecule is CS(=O)(=O)CC(=O)Nc1ccc(F)c(COc2cccc3cnccc23)c1Cl. The lowest BCUT2D eigenvalue weighted by Crippen LogP contribution is -2.22. The first-order valence-corrected chi connectivity index (χ1v) is 10.6. The van der Waals surface area contributed by atoms with Crippen LogP contribution in [0.25, 0.3) is 10.8 Å². The zero-order chi connectivity index (χ0) is 20.3. The molecule has 2 aromatic carbocycles. The number of aromatic nitrogens is 1. The fourth-order valence-electron chi connectivity index (χ4n) is 2.62. The number of sulfone groups is 1. The van der Waals surface area contributed by atoms with Crippen molar-refractivity contribution in [3.63, 3.8) is 0 Å². The predicted octanol–water partition coefficient (Wildman–Crippen LogP) is 3.59. The minimum atomic E-state index is -3.50. The first-order chi connectivity index (χ1) is 13.2. The molecule has 1 amide bonds. The van der Waals surface area contributed by atoms with Crippen LogP contribution < -0.4 is 10.1 Å². The molecule has 0 fully saturated rings. The summed E-state index contributed by atoms with van der Waals surface area (Å²) in [5.74, 6) is -1.53. The molecule has 28 heavy (non-hydrogen) atoms. The molecule has 9 heteroatoms. The number of anilines is 1. The number of carbonyl (C=O) groups excluding carboxylic acids is 1. The smallest absolute Gasteiger partial charge is 0.239 e. The minimum Gasteiger partial charge on any atom is -0.488 e. The highest BCUT2D eigenvalue weighted by atomic mass is 35.5. The highest BCUT2D eigenvalue weighted by molar-refractivity contribution is 7.91. The molecule has 0 saturated carbocycles. The number of amides is 1. The van der Waals surface area contributed by atoms with Gasteiger partial charge in [-0.15, -0.1) is 0 Å². The van der Waals surface area contributed by atoms with Crippen molar-refractivity contribution in [2.45, 2.75) is 6.61 Å². The molecule has 0 aliphatic carbocycles. The van der Waals surface area contributed by atoms with Crippen molar-refractivity contribution in [2.24, 2.45) is 0 Å². The van der Waals surface area contributed by atoms with Crippen LogP contribution in [-0.2, 0) is 21.2 Å². The van der Waals surface area contributed by atoms with Crippen molar-refractivity contribution in [1.29, 1.82) is 0 Å². The molecule has 6 nitrogen and oxygen atoms in total. The Hall–Kier alpha value is -2.71. The first kappa shape index (κ1) is 20.0. The fourth-order valence-corrected chi connectivity index (χ4v) is 3.42. The van der Waals surface area contributed by atoms with Gasteiger partial charge in [-0.1, -0.05) is 23.7 Å². The number of rotatable bonds is 6. The van der Waals surface area contributed by atoms with Gasteiger partial charge in [0.1, 0.15) is 23.9 Å². The minimum absolute atomic E-state index is 0.0462. The van der Waals surface area contributed by atoms with Gasteiger partial charge in [0, 0.05) is 35.0 Å². The molecule has 0 atom stereocenters. The summed E-state index contributed by atoms with van der Waals surface area (Å²) in [6.45, 7) is -0.179. The van der Waals surface area contributed by atoms with Gasteiger partial charge in [0.15, 0.2) is 9.84 Å². The van der Waals surface area contributed by atoms with E-state index >= 15 is 0 Å². The number of nitrogens with one attached hydrogen (secondary N) is 1. The van der Waals surface area contributed by atoms with Gasteiger partial charge in [-0.05, 0) is 24.3 Å². The lowest BCUT2D eigenvalue weighted by atomic mass is 10.1. The largest absolute Gasteiger partial charge is 0.488 e. The zero-order valence-corrected chi connectivity index (χ0v) is 16.3. The van der Waals surface area contributed by atoms with Gasteiger partial charge >= 0.3 is 0 Å². The third-order valence-corrected chi connectivity index (χ3v) is 5.08. The first-order valence-electron chi connectivity index (χ1n) is 8.14. The van der Waals surface area contributed by atoms with E-state index in [1.54, 1.807) is 30.6 Å². The fraction of sp³-hybridized carbons (Fsp3) is 0.158. The Labute approximate surface area is 166 Å². The van der Waals surface area contributed by atoms with Gasteiger partial charge in [-0.25, -0.2) is 12.8 Å². The Morgan fingerprint density at radius 1 is 1.25 bits per heavy atom. The summed E-state index contributed by atoms with van der Waals surface area (Å²) >= 11 is 6.22. The van der Waals surface area contributed by atoms with Crippen LogP contribution in [-0.4, -0.2) is 31.3 Å². The maximum atomic E-state index is 14.3. The van der Waals surface area contributed by atoms with Crippen molar-refractivity contribution >= 4 is 43.8 Å². The van der Waals surface area contributed by atoms with E-state index in [9.17, 15) is 17.6 Å². The lowest BCUT2D eigenvalue weighted by molar-refractivity contribution is -0.113. The van der Waals surface area contributed by atoms with Gasteiger partial charge < -0.3 is 10.1 Å². The van der Waals surface area contributed by atoms with E-state index in [-0.39, 0.29) is 22.9 Å². The van der Waals surface area contributed by atoms with Crippen LogP contribution in [0.3, 0.4) is 0 Å². The summed E-state index contributed by atoms with van der Waals surface area (Å²) in [6.07, 6.45) is 4.26. The molecule has 1 heterocycles. The number of pyridine rings is 1. The van der Waals surface area contributed by atoms with Crippen molar-refractivity contribution < 1.29 is 22.3 Å². The number of fused-ring (bicyclic) bond motifs is 1. The van der Waals surface area contributed by atoms with Gasteiger partial charge in [-0.2, -0.15) is 0 Å². The monoisotopic (exact) mass is 422 g/mol. The average Bonchev–Trinajstić information content (AvgIpc) is 2.62. The van der Waals surface area contributed by atoms with Crippen molar-refractivity contribution in [1.82, 2.24) is 4.98 Å². The Kier molecular flexibility index (Phi) is 5.81. The highest BCUT2D eigenvalue weighted by Gasteiger charge is 2.17. The van der Waals surface area contributed by atoms with Crippen LogP contribution in [0.5, 0.6) is 5.75 Å². The molecule has 1 N–H and O–H groups in total. The van der Waals surface area contributed by atoms with Crippen LogP contribution in [0.1, 0.15) is 5.56 Å². The molecule has 0 bridgehead atoms. The number of halogens is 2. The molecule has 0 aliphatic heterocycles. The molecular formula is C19H16ClFN2O4S. The summed E-state index contributed by atoms with van der Waals surface area (Å²) in [5, 5.41) is 4.01. The summed E-state index contributed by atoms with van der Waals surface area (Å²) in [4.78, 5) is 15.9. The average molecular weight is 423 g/mol. The quantitative estimate of drug-likeness (QED) is 0.656. The summed E-state index contributed by atoms with van der Waals surface area (Å²) in [7, 11) is -3.50.